The van der Waals surface area contributed by atoms with Crippen molar-refractivity contribution >= 4 is 90.5 Å². The number of aromatic hydroxyl groups is 3. The van der Waals surface area contributed by atoms with Crippen LogP contribution in [-0.4, -0.2) is 239 Å². The standard InChI is InChI=1S/C30H34N6O3.C30H38N6O3.C28H32N6O4/c1-3-28(38)34-12-14-35(15-13-34)29-25-10-11-36(27-17-23(37)16-21-6-4-5-7-24(21)27)18-26(25)32-30(33-29)39-19-22-9-8-20(2)31-22;1-5-23(19-33(3)4)39-30-31-26-20-36(27-18-22(37)17-21-9-7-8-10-24(21)27)12-11-25(26)29(32-30)35-15-13-34(14-16-35)28(38)6-2;1-3-26(37)32-11-13-33(14-12-32)27-23-8-10-34(25-17-21(36)16-20-6-4-5-7-22(20)25)18-24(23)30-28(31-27)38-15-9-29-19(2)35/h3-7,16-17,22,31,37H,1-2,8-15,18-19H2;6-10,17-18,23,37H,2,5,11-16,19-20H2,1,3-4H3;3-7,16-17,36H,1,8-15,18H2,2H3,(H,29,35)/t22-;23-;/m11./s1. The minimum Gasteiger partial charge on any atom is -0.508 e. The van der Waals surface area contributed by atoms with Crippen molar-refractivity contribution in [2.75, 3.05) is 168 Å². The molecule has 0 spiro atoms. The first-order valence-corrected chi connectivity index (χ1v) is 40.1. The number of phenols is 3. The van der Waals surface area contributed by atoms with Crippen molar-refractivity contribution in [2.45, 2.75) is 84.2 Å². The number of anilines is 6. The van der Waals surface area contributed by atoms with Crippen molar-refractivity contribution in [1.82, 2.24) is 60.1 Å². The van der Waals surface area contributed by atoms with Crippen molar-refractivity contribution < 1.29 is 48.7 Å². The van der Waals surface area contributed by atoms with Gasteiger partial charge in [0, 0.05) is 185 Å². The van der Waals surface area contributed by atoms with Crippen molar-refractivity contribution in [2.24, 2.45) is 0 Å². The Morgan fingerprint density at radius 2 is 0.879 bits per heavy atom. The van der Waals surface area contributed by atoms with Crippen LogP contribution < -0.4 is 54.2 Å². The molecule has 16 rings (SSSR count). The highest BCUT2D eigenvalue weighted by molar-refractivity contribution is 5.98. The second-order valence-corrected chi connectivity index (χ2v) is 30.4. The second-order valence-electron chi connectivity index (χ2n) is 30.4. The minimum atomic E-state index is -0.124. The Morgan fingerprint density at radius 1 is 0.509 bits per heavy atom. The molecule has 0 bridgehead atoms. The van der Waals surface area contributed by atoms with E-state index in [4.69, 9.17) is 44.1 Å². The average Bonchev–Trinajstić information content (AvgIpc) is 0.885. The summed E-state index contributed by atoms with van der Waals surface area (Å²) >= 11 is 0. The molecule has 6 aromatic carbocycles. The SMILES string of the molecule is C=CC(=O)N1CCN(c2nc(OCCNC(C)=O)nc3c2CCN(c2cc(O)cc4ccccc24)C3)CC1.C=CC(=O)N1CCN(c2nc(OC[C@H]3CCC(=C)N3)nc3c2CCN(c2cc(O)cc4ccccc24)C3)CC1.C=CC(=O)N1CCN(c2nc(O[C@H](CC)CN(C)C)nc3c2CCN(c2cc(O)cc4ccccc24)C3)CC1. The van der Waals surface area contributed by atoms with E-state index in [1.807, 2.05) is 90.6 Å². The molecule has 2 atom stereocenters. The number of rotatable bonds is 21. The number of amides is 4. The molecule has 0 unspecified atom stereocenters. The van der Waals surface area contributed by atoms with Gasteiger partial charge in [-0.25, -0.2) is 0 Å². The number of benzene rings is 6. The number of hydrogen-bond acceptors (Lipinski definition) is 24. The van der Waals surface area contributed by atoms with Crippen molar-refractivity contribution in [3.05, 3.63) is 193 Å². The molecule has 116 heavy (non-hydrogen) atoms. The Labute approximate surface area is 676 Å². The number of carbonyl (C=O) groups excluding carboxylic acids is 4. The van der Waals surface area contributed by atoms with Gasteiger partial charge < -0.3 is 89.2 Å². The molecular weight excluding hydrogens is 1470 g/mol. The number of fused-ring (bicyclic) bond motifs is 6. The van der Waals surface area contributed by atoms with Crippen LogP contribution in [0.2, 0.25) is 0 Å². The van der Waals surface area contributed by atoms with E-state index in [9.17, 15) is 34.5 Å². The van der Waals surface area contributed by atoms with Crippen LogP contribution in [0.3, 0.4) is 0 Å². The van der Waals surface area contributed by atoms with Crippen molar-refractivity contribution in [3.63, 3.8) is 0 Å². The molecule has 28 heteroatoms. The van der Waals surface area contributed by atoms with Gasteiger partial charge in [-0.05, 0) is 105 Å². The van der Waals surface area contributed by atoms with E-state index in [-0.39, 0.29) is 65.6 Å². The third kappa shape index (κ3) is 18.7. The van der Waals surface area contributed by atoms with Gasteiger partial charge in [0.1, 0.15) is 54.0 Å². The number of ether oxygens (including phenoxy) is 3. The van der Waals surface area contributed by atoms with E-state index in [0.717, 1.165) is 171 Å². The van der Waals surface area contributed by atoms with Crippen LogP contribution >= 0.6 is 0 Å². The number of nitrogens with one attached hydrogen (secondary N) is 2. The molecule has 0 radical (unpaired) electrons. The lowest BCUT2D eigenvalue weighted by Gasteiger charge is -2.38. The maximum absolute atomic E-state index is 12.1. The summed E-state index contributed by atoms with van der Waals surface area (Å²) in [6.07, 6.45) is 9.12. The first-order valence-electron chi connectivity index (χ1n) is 40.1. The lowest BCUT2D eigenvalue weighted by molar-refractivity contribution is -0.127. The average molecular weight is 1570 g/mol. The largest absolute Gasteiger partial charge is 0.508 e. The van der Waals surface area contributed by atoms with E-state index in [2.05, 4.69) is 96.4 Å². The van der Waals surface area contributed by atoms with Gasteiger partial charge in [0.2, 0.25) is 23.6 Å². The normalized spacial score (nSPS) is 16.9. The van der Waals surface area contributed by atoms with Crippen LogP contribution in [0.5, 0.6) is 35.3 Å². The van der Waals surface area contributed by atoms with Gasteiger partial charge in [-0.2, -0.15) is 29.9 Å². The molecular formula is C88H104N18O10. The topological polar surface area (TPSA) is 290 Å². The molecule has 3 aromatic heterocycles. The number of aromatic nitrogens is 6. The van der Waals surface area contributed by atoms with E-state index < -0.39 is 0 Å². The maximum Gasteiger partial charge on any atom is 0.318 e. The van der Waals surface area contributed by atoms with Gasteiger partial charge in [-0.1, -0.05) is 106 Å². The molecule has 28 nitrogen and oxygen atoms in total. The lowest BCUT2D eigenvalue weighted by Crippen LogP contribution is -2.49. The molecule has 7 aliphatic rings. The summed E-state index contributed by atoms with van der Waals surface area (Å²) in [6.45, 7) is 32.0. The predicted octanol–water partition coefficient (Wildman–Crippen LogP) is 9.08. The molecule has 0 aliphatic carbocycles. The second kappa shape index (κ2) is 36.4. The smallest absolute Gasteiger partial charge is 0.318 e. The van der Waals surface area contributed by atoms with Gasteiger partial charge in [0.15, 0.2) is 0 Å². The maximum atomic E-state index is 12.1. The third-order valence-corrected chi connectivity index (χ3v) is 22.4. The first-order chi connectivity index (χ1) is 56.3. The van der Waals surface area contributed by atoms with E-state index in [1.54, 1.807) is 29.2 Å². The Kier molecular flexibility index (Phi) is 25.1. The molecule has 4 amide bonds. The van der Waals surface area contributed by atoms with Crippen LogP contribution in [0.25, 0.3) is 32.3 Å². The monoisotopic (exact) mass is 1570 g/mol. The number of carbonyl (C=O) groups is 4. The quantitative estimate of drug-likeness (QED) is 0.0331. The number of hydrogen-bond donors (Lipinski definition) is 5. The zero-order chi connectivity index (χ0) is 81.1. The highest BCUT2D eigenvalue weighted by Crippen LogP contribution is 2.41. The molecule has 10 heterocycles. The van der Waals surface area contributed by atoms with Crippen LogP contribution in [0, 0.1) is 0 Å². The molecule has 4 saturated heterocycles. The van der Waals surface area contributed by atoms with E-state index >= 15 is 0 Å². The molecule has 9 aromatic rings. The summed E-state index contributed by atoms with van der Waals surface area (Å²) in [6, 6.07) is 36.3. The zero-order valence-electron chi connectivity index (χ0n) is 66.8. The summed E-state index contributed by atoms with van der Waals surface area (Å²) in [4.78, 5) is 97.8. The number of likely N-dealkylation sites (N-methyl/N-ethyl adjacent to an activating group) is 1. The highest BCUT2D eigenvalue weighted by Gasteiger charge is 2.35. The minimum absolute atomic E-state index is 0.0253. The number of nitrogens with zero attached hydrogens (tertiary/aromatic N) is 16. The number of phenolic OH excluding ortho intramolecular Hbond substituents is 3. The van der Waals surface area contributed by atoms with E-state index in [1.165, 1.54) is 25.2 Å². The van der Waals surface area contributed by atoms with Gasteiger partial charge in [-0.15, -0.1) is 0 Å². The Bertz CT molecular complexity index is 5150. The molecule has 606 valence electrons. The highest BCUT2D eigenvalue weighted by atomic mass is 16.5. The number of allylic oxidation sites excluding steroid dienone is 1. The third-order valence-electron chi connectivity index (χ3n) is 22.4. The van der Waals surface area contributed by atoms with Gasteiger partial charge in [0.05, 0.1) is 49.3 Å². The summed E-state index contributed by atoms with van der Waals surface area (Å²) < 4.78 is 18.4. The fourth-order valence-corrected chi connectivity index (χ4v) is 16.4. The summed E-state index contributed by atoms with van der Waals surface area (Å²) in [5.41, 5.74) is 10.0. The predicted molar refractivity (Wildman–Crippen MR) is 452 cm³/mol. The van der Waals surface area contributed by atoms with Crippen LogP contribution in [0.4, 0.5) is 34.5 Å². The van der Waals surface area contributed by atoms with Crippen molar-refractivity contribution in [1.29, 1.82) is 0 Å². The fraction of sp³-hybridized carbons (Fsp3) is 0.386. The summed E-state index contributed by atoms with van der Waals surface area (Å²) in [7, 11) is 4.07. The van der Waals surface area contributed by atoms with Gasteiger partial charge >= 0.3 is 18.0 Å². The summed E-state index contributed by atoms with van der Waals surface area (Å²) in [5, 5.41) is 43.6. The number of piperazine rings is 3. The first kappa shape index (κ1) is 80.2. The Balaban J connectivity index is 0.000000143. The molecule has 0 saturated carbocycles. The Morgan fingerprint density at radius 3 is 1.23 bits per heavy atom. The van der Waals surface area contributed by atoms with Crippen molar-refractivity contribution in [3.8, 4) is 35.3 Å². The van der Waals surface area contributed by atoms with Crippen LogP contribution in [0.1, 0.15) is 66.9 Å². The zero-order valence-corrected chi connectivity index (χ0v) is 66.8. The van der Waals surface area contributed by atoms with Crippen LogP contribution in [0.15, 0.2) is 159 Å². The lowest BCUT2D eigenvalue weighted by atomic mass is 10.0. The fourth-order valence-electron chi connectivity index (χ4n) is 16.4. The van der Waals surface area contributed by atoms with Crippen LogP contribution in [-0.2, 0) is 58.1 Å². The van der Waals surface area contributed by atoms with Gasteiger partial charge in [0.25, 0.3) is 0 Å². The molecule has 7 aliphatic heterocycles. The molecule has 4 fully saturated rings. The summed E-state index contributed by atoms with van der Waals surface area (Å²) in [5.74, 6) is 3.09. The molecule has 5 N–H and O–H groups in total. The Hall–Kier alpha value is -12.5. The van der Waals surface area contributed by atoms with E-state index in [0.29, 0.717) is 123 Å². The van der Waals surface area contributed by atoms with Gasteiger partial charge in [-0.3, -0.25) is 19.2 Å².